The van der Waals surface area contributed by atoms with Crippen LogP contribution in [0.1, 0.15) is 84.9 Å². The zero-order valence-electron chi connectivity index (χ0n) is 29.9. The second kappa shape index (κ2) is 12.8. The summed E-state index contributed by atoms with van der Waals surface area (Å²) in [6, 6.07) is 22.1. The predicted molar refractivity (Wildman–Crippen MR) is 200 cm³/mol. The van der Waals surface area contributed by atoms with Crippen molar-refractivity contribution >= 4 is 32.9 Å². The molecular weight excluding hydrogens is 663 g/mol. The van der Waals surface area contributed by atoms with E-state index in [1.807, 2.05) is 36.4 Å². The molecule has 2 saturated carbocycles. The van der Waals surface area contributed by atoms with Crippen molar-refractivity contribution in [2.24, 2.45) is 5.41 Å². The Morgan fingerprint density at radius 1 is 0.980 bits per heavy atom. The second-order valence-corrected chi connectivity index (χ2v) is 17.1. The third-order valence-electron chi connectivity index (χ3n) is 11.9. The average molecular weight is 712 g/mol. The van der Waals surface area contributed by atoms with Crippen LogP contribution >= 0.6 is 0 Å². The van der Waals surface area contributed by atoms with Crippen molar-refractivity contribution in [3.8, 4) is 17.0 Å². The van der Waals surface area contributed by atoms with Gasteiger partial charge in [0.2, 0.25) is 5.91 Å². The molecule has 10 nitrogen and oxygen atoms in total. The number of fused-ring (bicyclic) bond motifs is 7. The average Bonchev–Trinajstić information content (AvgIpc) is 3.81. The van der Waals surface area contributed by atoms with Gasteiger partial charge < -0.3 is 19.1 Å². The fraction of sp³-hybridized carbons (Fsp3) is 0.450. The van der Waals surface area contributed by atoms with E-state index in [0.29, 0.717) is 19.0 Å². The van der Waals surface area contributed by atoms with Gasteiger partial charge in [-0.25, -0.2) is 4.72 Å². The Bertz CT molecular complexity index is 2130. The summed E-state index contributed by atoms with van der Waals surface area (Å²) < 4.78 is 36.6. The van der Waals surface area contributed by atoms with Crippen LogP contribution in [0.4, 0.5) is 0 Å². The number of carbonyl (C=O) groups excluding carboxylic acids is 2. The fourth-order valence-corrected chi connectivity index (χ4v) is 9.63. The van der Waals surface area contributed by atoms with E-state index >= 15 is 4.79 Å². The number of hydrogen-bond donors (Lipinski definition) is 1. The molecule has 0 spiro atoms. The zero-order valence-corrected chi connectivity index (χ0v) is 30.7. The highest BCUT2D eigenvalue weighted by molar-refractivity contribution is 7.87. The van der Waals surface area contributed by atoms with Gasteiger partial charge in [0, 0.05) is 69.6 Å². The number of amides is 2. The lowest BCUT2D eigenvalue weighted by molar-refractivity contribution is -0.143. The van der Waals surface area contributed by atoms with Crippen LogP contribution in [0.25, 0.3) is 22.2 Å². The molecule has 0 radical (unpaired) electrons. The van der Waals surface area contributed by atoms with E-state index in [1.54, 1.807) is 13.2 Å². The van der Waals surface area contributed by atoms with Crippen LogP contribution in [0.15, 0.2) is 66.7 Å². The number of hydrogen-bond acceptors (Lipinski definition) is 6. The molecule has 1 saturated heterocycles. The predicted octanol–water partition coefficient (Wildman–Crippen LogP) is 6.15. The van der Waals surface area contributed by atoms with Crippen molar-refractivity contribution < 1.29 is 24.2 Å². The number of aromatic nitrogens is 1. The topological polar surface area (TPSA) is 104 Å². The number of likely N-dealkylation sites (N-methyl/N-ethyl adjacent to an activating group) is 1. The van der Waals surface area contributed by atoms with Crippen molar-refractivity contribution in [2.45, 2.75) is 62.9 Å². The summed E-state index contributed by atoms with van der Waals surface area (Å²) >= 11 is 0. The van der Waals surface area contributed by atoms with Gasteiger partial charge in [-0.15, -0.1) is 0 Å². The van der Waals surface area contributed by atoms with E-state index in [-0.39, 0.29) is 24.9 Å². The van der Waals surface area contributed by atoms with Gasteiger partial charge in [-0.3, -0.25) is 9.59 Å². The number of ether oxygens (including phenoxy) is 1. The highest BCUT2D eigenvalue weighted by Crippen LogP contribution is 2.66. The zero-order chi connectivity index (χ0) is 35.7. The fourth-order valence-electron chi connectivity index (χ4n) is 9.10. The molecule has 3 atom stereocenters. The van der Waals surface area contributed by atoms with Gasteiger partial charge in [0.1, 0.15) is 5.75 Å². The molecule has 0 bridgehead atoms. The van der Waals surface area contributed by atoms with Gasteiger partial charge in [-0.05, 0) is 79.3 Å². The highest BCUT2D eigenvalue weighted by atomic mass is 32.2. The van der Waals surface area contributed by atoms with Crippen LogP contribution in [0.5, 0.6) is 5.75 Å². The van der Waals surface area contributed by atoms with Crippen LogP contribution in [0, 0.1) is 5.41 Å². The molecule has 3 fully saturated rings. The Hall–Kier alpha value is -4.19. The summed E-state index contributed by atoms with van der Waals surface area (Å²) in [5.74, 6) is 0.605. The monoisotopic (exact) mass is 711 g/mol. The van der Waals surface area contributed by atoms with Crippen LogP contribution < -0.4 is 9.46 Å². The van der Waals surface area contributed by atoms with Crippen molar-refractivity contribution in [3.05, 3.63) is 89.0 Å². The molecule has 3 aromatic carbocycles. The quantitative estimate of drug-likeness (QED) is 0.247. The molecule has 8 rings (SSSR count). The van der Waals surface area contributed by atoms with Crippen LogP contribution in [0.2, 0.25) is 0 Å². The van der Waals surface area contributed by atoms with E-state index in [2.05, 4.69) is 50.4 Å². The minimum Gasteiger partial charge on any atom is -0.497 e. The highest BCUT2D eigenvalue weighted by Gasteiger charge is 2.64. The first-order chi connectivity index (χ1) is 24.5. The number of carbonyl (C=O) groups is 2. The van der Waals surface area contributed by atoms with Gasteiger partial charge in [-0.1, -0.05) is 55.7 Å². The molecular formula is C40H49N5O5S. The molecule has 4 aromatic rings. The molecule has 3 unspecified atom stereocenters. The maximum atomic E-state index is 15.3. The minimum atomic E-state index is -3.99. The number of nitrogens with zero attached hydrogens (tertiary/aromatic N) is 4. The summed E-state index contributed by atoms with van der Waals surface area (Å²) in [6.45, 7) is 2.68. The first-order valence-electron chi connectivity index (χ1n) is 18.2. The van der Waals surface area contributed by atoms with Crippen molar-refractivity contribution in [3.63, 3.8) is 0 Å². The molecule has 4 aliphatic rings. The smallest absolute Gasteiger partial charge is 0.303 e. The number of benzene rings is 3. The van der Waals surface area contributed by atoms with E-state index < -0.39 is 21.5 Å². The standard InChI is InChI=1S/C40H47N5O5S.H2/c1-42(2)51(48,49)41-38(46)28-15-17-31-34(21-28)45-25-40(39(47)44-20-19-43(3)24-35(44)26-11-7-5-8-12-26)23-33(40)32-22-29(50-4)16-18-30(32)37(45)36(31)27-13-9-6-10-14-27;/h5,7-8,11-12,15-18,21-22,27,33,35H,6,9-10,13-14,19-20,23-25H2,1-4H3,(H,41,46);1H. The van der Waals surface area contributed by atoms with Crippen LogP contribution in [0.3, 0.4) is 0 Å². The number of methoxy groups -OCH3 is 1. The van der Waals surface area contributed by atoms with Gasteiger partial charge in [0.05, 0.1) is 24.3 Å². The summed E-state index contributed by atoms with van der Waals surface area (Å²) in [5, 5.41) is 1.06. The molecule has 1 N–H and O–H groups in total. The lowest BCUT2D eigenvalue weighted by Crippen LogP contribution is -2.52. The Labute approximate surface area is 302 Å². The second-order valence-electron chi connectivity index (χ2n) is 15.2. The van der Waals surface area contributed by atoms with Crippen LogP contribution in [-0.4, -0.2) is 86.8 Å². The maximum Gasteiger partial charge on any atom is 0.303 e. The van der Waals surface area contributed by atoms with Crippen molar-refractivity contribution in [2.75, 3.05) is 47.9 Å². The maximum absolute atomic E-state index is 15.3. The Balaban J connectivity index is 0.00000420. The SMILES string of the molecule is COc1ccc2c(c1)C1CC1(C(=O)N1CCN(C)CC1c1ccccc1)Cn1c-2c(C2CCCCC2)c2ccc(C(=O)NS(=O)(=O)N(C)C)cc21.[HH]. The van der Waals surface area contributed by atoms with E-state index in [0.717, 1.165) is 88.5 Å². The lowest BCUT2D eigenvalue weighted by atomic mass is 9.81. The number of piperazine rings is 1. The van der Waals surface area contributed by atoms with Gasteiger partial charge >= 0.3 is 10.2 Å². The van der Waals surface area contributed by atoms with E-state index in [1.165, 1.54) is 26.1 Å². The molecule has 2 amide bonds. The van der Waals surface area contributed by atoms with Crippen molar-refractivity contribution in [1.29, 1.82) is 0 Å². The van der Waals surface area contributed by atoms with E-state index in [4.69, 9.17) is 4.74 Å². The van der Waals surface area contributed by atoms with E-state index in [9.17, 15) is 13.2 Å². The van der Waals surface area contributed by atoms with Gasteiger partial charge in [-0.2, -0.15) is 12.7 Å². The summed E-state index contributed by atoms with van der Waals surface area (Å²) in [4.78, 5) is 33.2. The summed E-state index contributed by atoms with van der Waals surface area (Å²) in [7, 11) is 2.59. The third-order valence-corrected chi connectivity index (χ3v) is 13.3. The van der Waals surface area contributed by atoms with Gasteiger partial charge in [0.15, 0.2) is 0 Å². The third kappa shape index (κ3) is 5.74. The van der Waals surface area contributed by atoms with Crippen LogP contribution in [-0.2, 0) is 21.5 Å². The molecule has 3 heterocycles. The minimum absolute atomic E-state index is 0. The Kier molecular flexibility index (Phi) is 8.51. The molecule has 270 valence electrons. The molecule has 2 aliphatic carbocycles. The van der Waals surface area contributed by atoms with Crippen molar-refractivity contribution in [1.82, 2.24) is 23.4 Å². The molecule has 51 heavy (non-hydrogen) atoms. The molecule has 2 aliphatic heterocycles. The summed E-state index contributed by atoms with van der Waals surface area (Å²) in [5.41, 5.74) is 6.22. The number of nitrogens with one attached hydrogen (secondary N) is 1. The molecule has 11 heteroatoms. The Morgan fingerprint density at radius 2 is 1.75 bits per heavy atom. The number of rotatable bonds is 7. The Morgan fingerprint density at radius 3 is 2.47 bits per heavy atom. The largest absolute Gasteiger partial charge is 0.497 e. The van der Waals surface area contributed by atoms with Gasteiger partial charge in [0.25, 0.3) is 5.91 Å². The lowest BCUT2D eigenvalue weighted by Gasteiger charge is -2.42. The first-order valence-corrected chi connectivity index (χ1v) is 19.6. The normalized spacial score (nSPS) is 23.7. The first kappa shape index (κ1) is 33.9. The summed E-state index contributed by atoms with van der Waals surface area (Å²) in [6.07, 6.45) is 6.41. The molecule has 1 aromatic heterocycles.